The Balaban J connectivity index is 1.65. The minimum Gasteiger partial charge on any atom is -0.322 e. The van der Waals surface area contributed by atoms with Gasteiger partial charge in [-0.05, 0) is 31.2 Å². The highest BCUT2D eigenvalue weighted by Crippen LogP contribution is 2.29. The molecular weight excluding hydrogens is 373 g/mol. The molecule has 4 aromatic rings. The van der Waals surface area contributed by atoms with Gasteiger partial charge in [-0.25, -0.2) is 9.67 Å². The second-order valence-corrected chi connectivity index (χ2v) is 5.98. The average molecular weight is 386 g/mol. The molecule has 28 heavy (non-hydrogen) atoms. The van der Waals surface area contributed by atoms with Crippen molar-refractivity contribution in [1.82, 2.24) is 24.1 Å². The molecule has 4 heterocycles. The number of amides is 1. The van der Waals surface area contributed by atoms with Gasteiger partial charge in [-0.3, -0.25) is 14.2 Å². The van der Waals surface area contributed by atoms with Gasteiger partial charge in [0.1, 0.15) is 17.2 Å². The number of hydrogen-bond acceptors (Lipinski definition) is 4. The van der Waals surface area contributed by atoms with Gasteiger partial charge in [0, 0.05) is 24.3 Å². The van der Waals surface area contributed by atoms with Crippen LogP contribution in [-0.2, 0) is 6.18 Å². The second-order valence-electron chi connectivity index (χ2n) is 5.98. The van der Waals surface area contributed by atoms with E-state index in [4.69, 9.17) is 0 Å². The predicted molar refractivity (Wildman–Crippen MR) is 94.2 cm³/mol. The molecule has 0 aliphatic heterocycles. The van der Waals surface area contributed by atoms with Gasteiger partial charge in [0.2, 0.25) is 0 Å². The summed E-state index contributed by atoms with van der Waals surface area (Å²) in [6.45, 7) is 1.70. The third-order valence-electron chi connectivity index (χ3n) is 4.19. The third-order valence-corrected chi connectivity index (χ3v) is 4.19. The van der Waals surface area contributed by atoms with Gasteiger partial charge in [0.15, 0.2) is 0 Å². The maximum atomic E-state index is 12.8. The fourth-order valence-electron chi connectivity index (χ4n) is 2.83. The van der Waals surface area contributed by atoms with Crippen LogP contribution in [0.15, 0.2) is 55.1 Å². The van der Waals surface area contributed by atoms with Crippen molar-refractivity contribution in [3.8, 4) is 5.82 Å². The molecule has 0 fully saturated rings. The first kappa shape index (κ1) is 17.7. The van der Waals surface area contributed by atoms with Crippen LogP contribution in [0.2, 0.25) is 0 Å². The number of fused-ring (bicyclic) bond motifs is 1. The van der Waals surface area contributed by atoms with Gasteiger partial charge in [-0.2, -0.15) is 18.3 Å². The monoisotopic (exact) mass is 386 g/mol. The Hall–Kier alpha value is -3.69. The molecule has 7 nitrogen and oxygen atoms in total. The smallest absolute Gasteiger partial charge is 0.322 e. The summed E-state index contributed by atoms with van der Waals surface area (Å²) in [7, 11) is 0. The molecule has 0 radical (unpaired) electrons. The first-order chi connectivity index (χ1) is 13.3. The van der Waals surface area contributed by atoms with Crippen molar-refractivity contribution in [1.29, 1.82) is 0 Å². The van der Waals surface area contributed by atoms with E-state index in [1.54, 1.807) is 28.4 Å². The van der Waals surface area contributed by atoms with Crippen molar-refractivity contribution < 1.29 is 18.0 Å². The van der Waals surface area contributed by atoms with Gasteiger partial charge in [-0.15, -0.1) is 0 Å². The van der Waals surface area contributed by atoms with Gasteiger partial charge in [0.25, 0.3) is 5.91 Å². The second kappa shape index (κ2) is 6.48. The van der Waals surface area contributed by atoms with Crippen LogP contribution in [-0.4, -0.2) is 30.1 Å². The number of alkyl halides is 3. The van der Waals surface area contributed by atoms with Gasteiger partial charge >= 0.3 is 6.18 Å². The lowest BCUT2D eigenvalue weighted by molar-refractivity contribution is -0.141. The highest BCUT2D eigenvalue weighted by molar-refractivity contribution is 6.05. The first-order valence-electron chi connectivity index (χ1n) is 8.16. The summed E-state index contributed by atoms with van der Waals surface area (Å²) < 4.78 is 41.7. The van der Waals surface area contributed by atoms with Crippen LogP contribution < -0.4 is 5.32 Å². The summed E-state index contributed by atoms with van der Waals surface area (Å²) >= 11 is 0. The number of halogens is 3. The predicted octanol–water partition coefficient (Wildman–Crippen LogP) is 3.49. The van der Waals surface area contributed by atoms with E-state index >= 15 is 0 Å². The largest absolute Gasteiger partial charge is 0.433 e. The summed E-state index contributed by atoms with van der Waals surface area (Å²) in [5, 5.41) is 6.71. The van der Waals surface area contributed by atoms with Crippen molar-refractivity contribution in [2.75, 3.05) is 5.32 Å². The molecular formula is C18H13F3N6O. The highest BCUT2D eigenvalue weighted by Gasteiger charge is 2.32. The maximum Gasteiger partial charge on any atom is 0.433 e. The molecule has 0 aliphatic rings. The molecule has 0 aromatic carbocycles. The van der Waals surface area contributed by atoms with Crippen molar-refractivity contribution >= 4 is 17.2 Å². The minimum atomic E-state index is -4.59. The van der Waals surface area contributed by atoms with E-state index in [1.165, 1.54) is 12.3 Å². The zero-order valence-electron chi connectivity index (χ0n) is 14.5. The van der Waals surface area contributed by atoms with Crippen LogP contribution in [0.1, 0.15) is 21.7 Å². The van der Waals surface area contributed by atoms with Crippen molar-refractivity contribution in [2.45, 2.75) is 13.1 Å². The van der Waals surface area contributed by atoms with Crippen LogP contribution >= 0.6 is 0 Å². The molecule has 0 unspecified atom stereocenters. The average Bonchev–Trinajstić information content (AvgIpc) is 3.27. The zero-order chi connectivity index (χ0) is 19.9. The van der Waals surface area contributed by atoms with Gasteiger partial charge in [-0.1, -0.05) is 6.07 Å². The lowest BCUT2D eigenvalue weighted by Crippen LogP contribution is -2.15. The zero-order valence-corrected chi connectivity index (χ0v) is 14.5. The SMILES string of the molecule is Cc1c(C(=O)Nc2ccnc(C(F)(F)F)c2)cnn1-c1cccc2nccn12. The standard InChI is InChI=1S/C18H13F3N6O/c1-11-13(17(28)25-12-5-6-22-14(9-12)18(19,20)21)10-24-27(11)16-4-2-3-15-23-7-8-26(15)16/h2-10H,1H3,(H,22,25,28). The van der Waals surface area contributed by atoms with E-state index in [0.29, 0.717) is 11.5 Å². The van der Waals surface area contributed by atoms with E-state index in [-0.39, 0.29) is 11.3 Å². The molecule has 0 bridgehead atoms. The van der Waals surface area contributed by atoms with Crippen molar-refractivity contribution in [3.63, 3.8) is 0 Å². The van der Waals surface area contributed by atoms with E-state index in [2.05, 4.69) is 20.4 Å². The van der Waals surface area contributed by atoms with Gasteiger partial charge in [0.05, 0.1) is 17.5 Å². The normalized spacial score (nSPS) is 11.7. The number of anilines is 1. The molecule has 142 valence electrons. The number of nitrogens with one attached hydrogen (secondary N) is 1. The van der Waals surface area contributed by atoms with Crippen LogP contribution in [0.4, 0.5) is 18.9 Å². The van der Waals surface area contributed by atoms with Crippen LogP contribution in [0, 0.1) is 6.92 Å². The summed E-state index contributed by atoms with van der Waals surface area (Å²) in [5.41, 5.74) is 0.404. The maximum absolute atomic E-state index is 12.8. The van der Waals surface area contributed by atoms with Crippen LogP contribution in [0.25, 0.3) is 11.5 Å². The van der Waals surface area contributed by atoms with Crippen molar-refractivity contribution in [3.05, 3.63) is 72.1 Å². The Bertz CT molecular complexity index is 1180. The molecule has 1 N–H and O–H groups in total. The quantitative estimate of drug-likeness (QED) is 0.585. The summed E-state index contributed by atoms with van der Waals surface area (Å²) in [4.78, 5) is 20.0. The molecule has 1 amide bonds. The molecule has 0 saturated carbocycles. The lowest BCUT2D eigenvalue weighted by atomic mass is 10.2. The first-order valence-corrected chi connectivity index (χ1v) is 8.16. The fraction of sp³-hybridized carbons (Fsp3) is 0.111. The summed E-state index contributed by atoms with van der Waals surface area (Å²) in [5.74, 6) is 0.107. The molecule has 10 heteroatoms. The highest BCUT2D eigenvalue weighted by atomic mass is 19.4. The Morgan fingerprint density at radius 3 is 2.75 bits per heavy atom. The molecule has 4 aromatic heterocycles. The third kappa shape index (κ3) is 3.08. The van der Waals surface area contributed by atoms with E-state index in [0.717, 1.165) is 17.9 Å². The Morgan fingerprint density at radius 2 is 1.96 bits per heavy atom. The number of nitrogens with zero attached hydrogens (tertiary/aromatic N) is 5. The number of aromatic nitrogens is 5. The van der Waals surface area contributed by atoms with Gasteiger partial charge < -0.3 is 5.32 Å². The number of carbonyl (C=O) groups is 1. The summed E-state index contributed by atoms with van der Waals surface area (Å²) in [6.07, 6.45) is 1.18. The molecule has 0 atom stereocenters. The number of rotatable bonds is 3. The van der Waals surface area contributed by atoms with E-state index < -0.39 is 17.8 Å². The van der Waals surface area contributed by atoms with Crippen molar-refractivity contribution in [2.24, 2.45) is 0 Å². The number of imidazole rings is 1. The molecule has 0 saturated heterocycles. The minimum absolute atomic E-state index is 0.00353. The number of hydrogen-bond donors (Lipinski definition) is 1. The topological polar surface area (TPSA) is 77.1 Å². The number of pyridine rings is 2. The van der Waals surface area contributed by atoms with Crippen LogP contribution in [0.5, 0.6) is 0 Å². The Labute approximate surface area is 156 Å². The van der Waals surface area contributed by atoms with E-state index in [9.17, 15) is 18.0 Å². The van der Waals surface area contributed by atoms with E-state index in [1.807, 2.05) is 18.2 Å². The molecule has 0 aliphatic carbocycles. The fourth-order valence-corrected chi connectivity index (χ4v) is 2.83. The summed E-state index contributed by atoms with van der Waals surface area (Å²) in [6, 6.07) is 7.53. The number of carbonyl (C=O) groups excluding carboxylic acids is 1. The lowest BCUT2D eigenvalue weighted by Gasteiger charge is -2.10. The Morgan fingerprint density at radius 1 is 1.14 bits per heavy atom. The molecule has 0 spiro atoms. The van der Waals surface area contributed by atoms with Crippen LogP contribution in [0.3, 0.4) is 0 Å². The Kier molecular flexibility index (Phi) is 4.10. The molecule has 4 rings (SSSR count).